The Balaban J connectivity index is 5.11. The van der Waals surface area contributed by atoms with Crippen molar-refractivity contribution in [2.45, 2.75) is 20.8 Å². The van der Waals surface area contributed by atoms with E-state index in [1.54, 1.807) is 12.2 Å². The lowest BCUT2D eigenvalue weighted by Gasteiger charge is -2.00. The predicted octanol–water partition coefficient (Wildman–Crippen LogP) is 3.97. The molecule has 0 aromatic heterocycles. The zero-order valence-electron chi connectivity index (χ0n) is 9.87. The van der Waals surface area contributed by atoms with Crippen LogP contribution in [0.5, 0.6) is 0 Å². The van der Waals surface area contributed by atoms with Gasteiger partial charge in [-0.25, -0.2) is 4.39 Å². The summed E-state index contributed by atoms with van der Waals surface area (Å²) in [6.07, 6.45) is 13.9. The molecule has 0 aliphatic carbocycles. The third-order valence-corrected chi connectivity index (χ3v) is 1.75. The van der Waals surface area contributed by atoms with Crippen LogP contribution in [0.15, 0.2) is 53.0 Å². The Kier molecular flexibility index (Phi) is 7.44. The van der Waals surface area contributed by atoms with Gasteiger partial charge in [0.15, 0.2) is 0 Å². The summed E-state index contributed by atoms with van der Waals surface area (Å²) in [5.74, 6) is 2.41. The molecule has 0 amide bonds. The highest BCUT2D eigenvalue weighted by molar-refractivity contribution is 6.01. The van der Waals surface area contributed by atoms with Crippen molar-refractivity contribution in [1.82, 2.24) is 0 Å². The number of rotatable bonds is 4. The van der Waals surface area contributed by atoms with Gasteiger partial charge >= 0.3 is 0 Å². The zero-order valence-corrected chi connectivity index (χ0v) is 9.87. The molecule has 0 aromatic carbocycles. The van der Waals surface area contributed by atoms with Gasteiger partial charge in [-0.05, 0) is 32.4 Å². The molecule has 0 bridgehead atoms. The van der Waals surface area contributed by atoms with E-state index in [0.29, 0.717) is 6.33 Å². The number of aliphatic imine (C=N–C) groups is 1. The quantitative estimate of drug-likeness (QED) is 0.384. The van der Waals surface area contributed by atoms with Crippen LogP contribution in [-0.4, -0.2) is 5.71 Å². The SMILES string of the molecule is C#C/C=C(C)/N=C(C)/C(/C=C\C)=C/C=C/F. The molecule has 0 rings (SSSR count). The third kappa shape index (κ3) is 5.77. The molecule has 0 radical (unpaired) electrons. The van der Waals surface area contributed by atoms with Crippen molar-refractivity contribution < 1.29 is 4.39 Å². The van der Waals surface area contributed by atoms with Gasteiger partial charge in [-0.2, -0.15) is 0 Å². The molecule has 0 aliphatic rings. The standard InChI is InChI=1S/C14H16FN/c1-5-8-12(3)16-13(4)14(9-6-2)10-7-11-15/h1,6-11H,2-4H3/b9-6-,11-7+,12-8+,14-10+,16-13+. The summed E-state index contributed by atoms with van der Waals surface area (Å²) in [7, 11) is 0. The number of halogens is 1. The van der Waals surface area contributed by atoms with Crippen LogP contribution >= 0.6 is 0 Å². The van der Waals surface area contributed by atoms with Crippen molar-refractivity contribution in [2.75, 3.05) is 0 Å². The third-order valence-electron chi connectivity index (χ3n) is 1.75. The van der Waals surface area contributed by atoms with E-state index < -0.39 is 0 Å². The molecule has 16 heavy (non-hydrogen) atoms. The lowest BCUT2D eigenvalue weighted by atomic mass is 10.1. The second kappa shape index (κ2) is 8.43. The van der Waals surface area contributed by atoms with E-state index >= 15 is 0 Å². The summed E-state index contributed by atoms with van der Waals surface area (Å²) in [6, 6.07) is 0. The molecule has 0 aromatic rings. The fraction of sp³-hybridized carbons (Fsp3) is 0.214. The van der Waals surface area contributed by atoms with Gasteiger partial charge in [0.25, 0.3) is 0 Å². The van der Waals surface area contributed by atoms with E-state index in [4.69, 9.17) is 6.42 Å². The van der Waals surface area contributed by atoms with Gasteiger partial charge in [0.2, 0.25) is 0 Å². The summed E-state index contributed by atoms with van der Waals surface area (Å²) < 4.78 is 11.9. The van der Waals surface area contributed by atoms with E-state index in [0.717, 1.165) is 17.0 Å². The molecule has 0 N–H and O–H groups in total. The lowest BCUT2D eigenvalue weighted by Crippen LogP contribution is -1.94. The van der Waals surface area contributed by atoms with Gasteiger partial charge in [-0.15, -0.1) is 6.42 Å². The van der Waals surface area contributed by atoms with E-state index in [2.05, 4.69) is 10.9 Å². The number of terminal acetylenes is 1. The molecule has 2 heteroatoms. The van der Waals surface area contributed by atoms with Crippen molar-refractivity contribution in [1.29, 1.82) is 0 Å². The molecule has 0 aliphatic heterocycles. The summed E-state index contributed by atoms with van der Waals surface area (Å²) >= 11 is 0. The Morgan fingerprint density at radius 2 is 2.06 bits per heavy atom. The topological polar surface area (TPSA) is 12.4 Å². The van der Waals surface area contributed by atoms with Crippen molar-refractivity contribution in [3.63, 3.8) is 0 Å². The maximum Gasteiger partial charge on any atom is 0.0867 e. The first-order chi connectivity index (χ1) is 7.65. The smallest absolute Gasteiger partial charge is 0.0867 e. The van der Waals surface area contributed by atoms with Crippen LogP contribution in [0.3, 0.4) is 0 Å². The highest BCUT2D eigenvalue weighted by Crippen LogP contribution is 2.05. The van der Waals surface area contributed by atoms with Crippen molar-refractivity contribution >= 4 is 5.71 Å². The summed E-state index contributed by atoms with van der Waals surface area (Å²) in [4.78, 5) is 4.30. The maximum absolute atomic E-state index is 11.9. The largest absolute Gasteiger partial charge is 0.257 e. The van der Waals surface area contributed by atoms with Gasteiger partial charge in [0, 0.05) is 17.5 Å². The molecule has 0 atom stereocenters. The fourth-order valence-electron chi connectivity index (χ4n) is 1.10. The van der Waals surface area contributed by atoms with Crippen LogP contribution in [0.1, 0.15) is 20.8 Å². The van der Waals surface area contributed by atoms with Gasteiger partial charge in [-0.3, -0.25) is 4.99 Å². The first-order valence-corrected chi connectivity index (χ1v) is 4.94. The number of nitrogens with zero attached hydrogens (tertiary/aromatic N) is 1. The normalized spacial score (nSPS) is 14.8. The Morgan fingerprint density at radius 3 is 2.56 bits per heavy atom. The second-order valence-electron chi connectivity index (χ2n) is 3.09. The lowest BCUT2D eigenvalue weighted by molar-refractivity contribution is 0.721. The maximum atomic E-state index is 11.9. The first-order valence-electron chi connectivity index (χ1n) is 4.94. The highest BCUT2D eigenvalue weighted by Gasteiger charge is 1.96. The second-order valence-corrected chi connectivity index (χ2v) is 3.09. The van der Waals surface area contributed by atoms with E-state index in [1.165, 1.54) is 6.08 Å². The minimum absolute atomic E-state index is 0.487. The van der Waals surface area contributed by atoms with Crippen LogP contribution in [-0.2, 0) is 0 Å². The molecule has 0 unspecified atom stereocenters. The Labute approximate surface area is 96.8 Å². The molecule has 1 nitrogen and oxygen atoms in total. The Morgan fingerprint density at radius 1 is 1.38 bits per heavy atom. The van der Waals surface area contributed by atoms with Crippen LogP contribution in [0.4, 0.5) is 4.39 Å². The highest BCUT2D eigenvalue weighted by atomic mass is 19.1. The van der Waals surface area contributed by atoms with Crippen molar-refractivity contribution in [3.05, 3.63) is 48.0 Å². The molecular weight excluding hydrogens is 201 g/mol. The Bertz CT molecular complexity index is 401. The van der Waals surface area contributed by atoms with Crippen LogP contribution in [0.25, 0.3) is 0 Å². The van der Waals surface area contributed by atoms with Crippen LogP contribution in [0.2, 0.25) is 0 Å². The monoisotopic (exact) mass is 217 g/mol. The Hall–Kier alpha value is -1.88. The molecule has 0 saturated heterocycles. The van der Waals surface area contributed by atoms with Gasteiger partial charge in [0.05, 0.1) is 6.33 Å². The van der Waals surface area contributed by atoms with Crippen LogP contribution in [0, 0.1) is 12.3 Å². The zero-order chi connectivity index (χ0) is 12.4. The predicted molar refractivity (Wildman–Crippen MR) is 68.8 cm³/mol. The summed E-state index contributed by atoms with van der Waals surface area (Å²) in [6.45, 7) is 5.57. The van der Waals surface area contributed by atoms with E-state index in [-0.39, 0.29) is 0 Å². The van der Waals surface area contributed by atoms with E-state index in [9.17, 15) is 4.39 Å². The van der Waals surface area contributed by atoms with E-state index in [1.807, 2.05) is 32.9 Å². The van der Waals surface area contributed by atoms with Crippen LogP contribution < -0.4 is 0 Å². The van der Waals surface area contributed by atoms with Crippen molar-refractivity contribution in [3.8, 4) is 12.3 Å². The first kappa shape index (κ1) is 14.1. The molecular formula is C14H16FN. The number of allylic oxidation sites excluding steroid dienone is 7. The average molecular weight is 217 g/mol. The molecule has 84 valence electrons. The number of hydrogen-bond donors (Lipinski definition) is 0. The van der Waals surface area contributed by atoms with Gasteiger partial charge in [-0.1, -0.05) is 24.1 Å². The minimum Gasteiger partial charge on any atom is -0.257 e. The van der Waals surface area contributed by atoms with Gasteiger partial charge < -0.3 is 0 Å². The average Bonchev–Trinajstić information content (AvgIpc) is 2.24. The molecule has 0 spiro atoms. The molecule has 0 fully saturated rings. The van der Waals surface area contributed by atoms with Gasteiger partial charge in [0.1, 0.15) is 0 Å². The fourth-order valence-corrected chi connectivity index (χ4v) is 1.10. The van der Waals surface area contributed by atoms with Crippen molar-refractivity contribution in [2.24, 2.45) is 4.99 Å². The summed E-state index contributed by atoms with van der Waals surface area (Å²) in [5, 5.41) is 0. The minimum atomic E-state index is 0.487. The number of hydrogen-bond acceptors (Lipinski definition) is 1. The molecule has 0 saturated carbocycles. The molecule has 0 heterocycles. The summed E-state index contributed by atoms with van der Waals surface area (Å²) in [5.41, 5.74) is 2.39.